The largest absolute Gasteiger partial charge is 0.241 e. The van der Waals surface area contributed by atoms with Crippen LogP contribution in [0.25, 0.3) is 0 Å². The third-order valence-electron chi connectivity index (χ3n) is 5.64. The van der Waals surface area contributed by atoms with Gasteiger partial charge >= 0.3 is 0 Å². The topological polar surface area (TPSA) is 51.6 Å². The van der Waals surface area contributed by atoms with Crippen molar-refractivity contribution >= 4 is 0 Å². The lowest BCUT2D eigenvalue weighted by atomic mass is 9.71. The van der Waals surface area contributed by atoms with Crippen LogP contribution in [0.2, 0.25) is 0 Å². The number of rotatable bonds is 5. The molecular weight excluding hydrogens is 344 g/mol. The lowest BCUT2D eigenvalue weighted by Crippen LogP contribution is -2.29. The Balaban J connectivity index is 2.22. The van der Waals surface area contributed by atoms with Crippen LogP contribution >= 0.6 is 0 Å². The highest BCUT2D eigenvalue weighted by Crippen LogP contribution is 2.39. The van der Waals surface area contributed by atoms with Gasteiger partial charge in [0.15, 0.2) is 0 Å². The van der Waals surface area contributed by atoms with Gasteiger partial charge in [0.1, 0.15) is 5.82 Å². The molecule has 0 bridgehead atoms. The second-order valence-corrected chi connectivity index (χ2v) is 11.4. The number of hydrogen-bond donors (Lipinski definition) is 0. The van der Waals surface area contributed by atoms with Crippen LogP contribution < -0.4 is 0 Å². The van der Waals surface area contributed by atoms with E-state index in [9.17, 15) is 0 Å². The Labute approximate surface area is 171 Å². The Bertz CT molecular complexity index is 791. The predicted octanol–water partition coefficient (Wildman–Crippen LogP) is 5.90. The molecule has 0 fully saturated rings. The summed E-state index contributed by atoms with van der Waals surface area (Å²) in [6.07, 6.45) is 7.93. The molecule has 0 aromatic carbocycles. The van der Waals surface area contributed by atoms with Gasteiger partial charge in [0, 0.05) is 29.4 Å². The molecule has 0 spiro atoms. The van der Waals surface area contributed by atoms with Crippen molar-refractivity contribution in [3.8, 4) is 0 Å². The molecule has 2 aromatic rings. The summed E-state index contributed by atoms with van der Waals surface area (Å²) >= 11 is 0. The first kappa shape index (κ1) is 22.4. The van der Waals surface area contributed by atoms with Gasteiger partial charge in [-0.05, 0) is 40.9 Å². The molecule has 0 saturated carbocycles. The van der Waals surface area contributed by atoms with Crippen LogP contribution in [0.5, 0.6) is 0 Å². The molecule has 0 amide bonds. The van der Waals surface area contributed by atoms with E-state index in [4.69, 9.17) is 0 Å². The smallest absolute Gasteiger partial charge is 0.133 e. The Hall–Kier alpha value is -1.84. The van der Waals surface area contributed by atoms with E-state index < -0.39 is 0 Å². The molecule has 0 aliphatic rings. The monoisotopic (exact) mass is 382 g/mol. The molecule has 28 heavy (non-hydrogen) atoms. The van der Waals surface area contributed by atoms with Crippen LogP contribution in [0.1, 0.15) is 105 Å². The molecule has 0 saturated heterocycles. The van der Waals surface area contributed by atoms with Crippen molar-refractivity contribution in [3.63, 3.8) is 0 Å². The van der Waals surface area contributed by atoms with Gasteiger partial charge in [-0.2, -0.15) is 10.2 Å². The highest BCUT2D eigenvalue weighted by molar-refractivity contribution is 5.31. The fourth-order valence-electron chi connectivity index (χ4n) is 3.40. The summed E-state index contributed by atoms with van der Waals surface area (Å²) in [6, 6.07) is 2.14. The zero-order chi connectivity index (χ0) is 21.4. The highest BCUT2D eigenvalue weighted by Gasteiger charge is 2.32. The standard InChI is InChI=1S/C24H38N4/c1-21(2,3)19-18(11-14-27-28-19)24(9,10)13-12-23(7,8)17-15-25-20(26-16-17)22(4,5)6/h11,14-16H,12-13H2,1-10H3. The average Bonchev–Trinajstić information content (AvgIpc) is 2.59. The molecule has 2 aromatic heterocycles. The van der Waals surface area contributed by atoms with Gasteiger partial charge in [0.25, 0.3) is 0 Å². The summed E-state index contributed by atoms with van der Waals surface area (Å²) in [5, 5.41) is 8.62. The minimum atomic E-state index is -0.0254. The summed E-state index contributed by atoms with van der Waals surface area (Å²) in [5.74, 6) is 0.894. The minimum Gasteiger partial charge on any atom is -0.241 e. The van der Waals surface area contributed by atoms with Crippen LogP contribution in [-0.2, 0) is 21.7 Å². The molecule has 0 unspecified atom stereocenters. The van der Waals surface area contributed by atoms with Crippen LogP contribution in [0.4, 0.5) is 0 Å². The van der Waals surface area contributed by atoms with Crippen molar-refractivity contribution in [2.24, 2.45) is 0 Å². The lowest BCUT2D eigenvalue weighted by molar-refractivity contribution is 0.365. The van der Waals surface area contributed by atoms with Gasteiger partial charge < -0.3 is 0 Å². The third kappa shape index (κ3) is 5.15. The fourth-order valence-corrected chi connectivity index (χ4v) is 3.40. The predicted molar refractivity (Wildman–Crippen MR) is 117 cm³/mol. The van der Waals surface area contributed by atoms with E-state index >= 15 is 0 Å². The normalized spacial score (nSPS) is 13.6. The first-order chi connectivity index (χ1) is 12.6. The molecule has 154 valence electrons. The molecule has 0 radical (unpaired) electrons. The fraction of sp³-hybridized carbons (Fsp3) is 0.667. The zero-order valence-corrected chi connectivity index (χ0v) is 19.5. The second-order valence-electron chi connectivity index (χ2n) is 11.4. The quantitative estimate of drug-likeness (QED) is 0.646. The number of aromatic nitrogens is 4. The first-order valence-electron chi connectivity index (χ1n) is 10.3. The summed E-state index contributed by atoms with van der Waals surface area (Å²) in [5.41, 5.74) is 3.56. The van der Waals surface area contributed by atoms with E-state index in [1.807, 2.05) is 18.6 Å². The van der Waals surface area contributed by atoms with Crippen LogP contribution in [0, 0.1) is 0 Å². The SMILES string of the molecule is CC(C)(C)c1ncc(C(C)(C)CCC(C)(C)c2ccnnc2C(C)(C)C)cn1. The summed E-state index contributed by atoms with van der Waals surface area (Å²) in [6.45, 7) is 22.2. The van der Waals surface area contributed by atoms with Crippen molar-refractivity contribution in [2.45, 2.75) is 104 Å². The molecule has 0 aliphatic carbocycles. The maximum atomic E-state index is 4.64. The maximum Gasteiger partial charge on any atom is 0.133 e. The van der Waals surface area contributed by atoms with Crippen molar-refractivity contribution in [3.05, 3.63) is 47.3 Å². The molecule has 2 heterocycles. The van der Waals surface area contributed by atoms with Gasteiger partial charge in [0.2, 0.25) is 0 Å². The lowest BCUT2D eigenvalue weighted by Gasteiger charge is -2.34. The molecule has 2 rings (SSSR count). The Morgan fingerprint density at radius 2 is 1.25 bits per heavy atom. The molecule has 4 heteroatoms. The Kier molecular flexibility index (Phi) is 6.04. The highest BCUT2D eigenvalue weighted by atomic mass is 15.1. The third-order valence-corrected chi connectivity index (χ3v) is 5.64. The number of hydrogen-bond acceptors (Lipinski definition) is 4. The van der Waals surface area contributed by atoms with E-state index in [1.54, 1.807) is 0 Å². The van der Waals surface area contributed by atoms with Crippen molar-refractivity contribution in [2.75, 3.05) is 0 Å². The van der Waals surface area contributed by atoms with Gasteiger partial charge in [-0.3, -0.25) is 0 Å². The molecule has 0 atom stereocenters. The van der Waals surface area contributed by atoms with Crippen LogP contribution in [-0.4, -0.2) is 20.2 Å². The van der Waals surface area contributed by atoms with E-state index in [0.29, 0.717) is 0 Å². The van der Waals surface area contributed by atoms with Crippen LogP contribution in [0.3, 0.4) is 0 Å². The Morgan fingerprint density at radius 1 is 0.714 bits per heavy atom. The van der Waals surface area contributed by atoms with Crippen LogP contribution in [0.15, 0.2) is 24.7 Å². The summed E-state index contributed by atoms with van der Waals surface area (Å²) in [7, 11) is 0. The molecule has 4 nitrogen and oxygen atoms in total. The minimum absolute atomic E-state index is 0.00996. The molecular formula is C24H38N4. The van der Waals surface area contributed by atoms with E-state index in [2.05, 4.69) is 95.5 Å². The van der Waals surface area contributed by atoms with E-state index in [1.165, 1.54) is 11.1 Å². The molecule has 0 aliphatic heterocycles. The van der Waals surface area contributed by atoms with Gasteiger partial charge in [-0.1, -0.05) is 69.2 Å². The van der Waals surface area contributed by atoms with Crippen molar-refractivity contribution < 1.29 is 0 Å². The first-order valence-corrected chi connectivity index (χ1v) is 10.3. The average molecular weight is 383 g/mol. The second kappa shape index (κ2) is 7.53. The van der Waals surface area contributed by atoms with Crippen molar-refractivity contribution in [1.29, 1.82) is 0 Å². The van der Waals surface area contributed by atoms with Gasteiger partial charge in [0.05, 0.1) is 5.69 Å². The summed E-state index contributed by atoms with van der Waals surface area (Å²) < 4.78 is 0. The Morgan fingerprint density at radius 3 is 1.75 bits per heavy atom. The van der Waals surface area contributed by atoms with E-state index in [-0.39, 0.29) is 21.7 Å². The van der Waals surface area contributed by atoms with Gasteiger partial charge in [-0.15, -0.1) is 0 Å². The zero-order valence-electron chi connectivity index (χ0n) is 19.5. The maximum absolute atomic E-state index is 4.64. The molecule has 0 N–H and O–H groups in total. The van der Waals surface area contributed by atoms with Crippen molar-refractivity contribution in [1.82, 2.24) is 20.2 Å². The van der Waals surface area contributed by atoms with Gasteiger partial charge in [-0.25, -0.2) is 9.97 Å². The number of nitrogens with zero attached hydrogens (tertiary/aromatic N) is 4. The summed E-state index contributed by atoms with van der Waals surface area (Å²) in [4.78, 5) is 9.27. The van der Waals surface area contributed by atoms with E-state index in [0.717, 1.165) is 24.4 Å².